The molecule has 22 heavy (non-hydrogen) atoms. The summed E-state index contributed by atoms with van der Waals surface area (Å²) in [6.07, 6.45) is 3.00. The Morgan fingerprint density at radius 2 is 2.05 bits per heavy atom. The molecule has 0 amide bonds. The van der Waals surface area contributed by atoms with Crippen molar-refractivity contribution in [1.29, 1.82) is 0 Å². The van der Waals surface area contributed by atoms with E-state index in [9.17, 15) is 9.59 Å². The second-order valence-corrected chi connectivity index (χ2v) is 5.21. The molecule has 0 radical (unpaired) electrons. The maximum atomic E-state index is 11.6. The summed E-state index contributed by atoms with van der Waals surface area (Å²) in [6, 6.07) is 9.90. The maximum Gasteiger partial charge on any atom is 0.334 e. The molecule has 1 N–H and O–H groups in total. The summed E-state index contributed by atoms with van der Waals surface area (Å²) in [5, 5.41) is 8.62. The number of carbonyl (C=O) groups excluding carboxylic acids is 1. The number of esters is 1. The lowest BCUT2D eigenvalue weighted by atomic mass is 10.1. The van der Waals surface area contributed by atoms with E-state index < -0.39 is 12.1 Å². The van der Waals surface area contributed by atoms with Crippen molar-refractivity contribution in [1.82, 2.24) is 0 Å². The van der Waals surface area contributed by atoms with Gasteiger partial charge in [0.2, 0.25) is 0 Å². The first-order valence-corrected chi connectivity index (χ1v) is 7.40. The van der Waals surface area contributed by atoms with Crippen LogP contribution in [0.2, 0.25) is 0 Å². The number of hydrogen-bond donors (Lipinski definition) is 1. The van der Waals surface area contributed by atoms with Gasteiger partial charge in [-0.05, 0) is 30.9 Å². The highest BCUT2D eigenvalue weighted by Gasteiger charge is 2.25. The molecule has 1 heterocycles. The van der Waals surface area contributed by atoms with Gasteiger partial charge < -0.3 is 14.6 Å². The first-order chi connectivity index (χ1) is 10.6. The van der Waals surface area contributed by atoms with Crippen molar-refractivity contribution in [3.63, 3.8) is 0 Å². The molecule has 0 bridgehead atoms. The highest BCUT2D eigenvalue weighted by molar-refractivity contribution is 5.90. The lowest BCUT2D eigenvalue weighted by Crippen LogP contribution is -2.10. The molecule has 1 aliphatic heterocycles. The van der Waals surface area contributed by atoms with Gasteiger partial charge in [-0.3, -0.25) is 4.79 Å². The van der Waals surface area contributed by atoms with Crippen molar-refractivity contribution in [2.75, 3.05) is 6.61 Å². The van der Waals surface area contributed by atoms with Crippen molar-refractivity contribution in [2.24, 2.45) is 0 Å². The van der Waals surface area contributed by atoms with Crippen molar-refractivity contribution < 1.29 is 24.2 Å². The third kappa shape index (κ3) is 5.33. The van der Waals surface area contributed by atoms with E-state index in [4.69, 9.17) is 14.6 Å². The van der Waals surface area contributed by atoms with Crippen molar-refractivity contribution >= 4 is 11.9 Å². The van der Waals surface area contributed by atoms with Gasteiger partial charge in [0.25, 0.3) is 0 Å². The van der Waals surface area contributed by atoms with E-state index in [2.05, 4.69) is 0 Å². The molecule has 1 aliphatic rings. The van der Waals surface area contributed by atoms with Crippen molar-refractivity contribution in [3.05, 3.63) is 47.5 Å². The summed E-state index contributed by atoms with van der Waals surface area (Å²) < 4.78 is 10.7. The summed E-state index contributed by atoms with van der Waals surface area (Å²) in [7, 11) is 0. The number of benzene rings is 1. The molecule has 118 valence electrons. The Hall–Kier alpha value is -2.14. The SMILES string of the molecule is O=C(O)CCC1C=C(CCCOCc2ccccc2)C(=O)O1. The van der Waals surface area contributed by atoms with Crippen molar-refractivity contribution in [2.45, 2.75) is 38.4 Å². The number of carboxylic acids is 1. The van der Waals surface area contributed by atoms with Gasteiger partial charge >= 0.3 is 11.9 Å². The largest absolute Gasteiger partial charge is 0.481 e. The molecule has 0 aliphatic carbocycles. The van der Waals surface area contributed by atoms with Crippen LogP contribution in [0.15, 0.2) is 42.0 Å². The molecular weight excluding hydrogens is 284 g/mol. The minimum Gasteiger partial charge on any atom is -0.481 e. The summed E-state index contributed by atoms with van der Waals surface area (Å²) in [4.78, 5) is 22.1. The smallest absolute Gasteiger partial charge is 0.334 e. The minimum atomic E-state index is -0.882. The summed E-state index contributed by atoms with van der Waals surface area (Å²) in [5.41, 5.74) is 1.74. The Bertz CT molecular complexity index is 535. The van der Waals surface area contributed by atoms with Gasteiger partial charge in [-0.2, -0.15) is 0 Å². The van der Waals surface area contributed by atoms with Crippen LogP contribution in [0.25, 0.3) is 0 Å². The minimum absolute atomic E-state index is 0.00190. The highest BCUT2D eigenvalue weighted by Crippen LogP contribution is 2.21. The van der Waals surface area contributed by atoms with Crippen LogP contribution in [0.4, 0.5) is 0 Å². The van der Waals surface area contributed by atoms with E-state index in [-0.39, 0.29) is 12.4 Å². The Balaban J connectivity index is 1.64. The molecule has 1 aromatic rings. The van der Waals surface area contributed by atoms with Crippen LogP contribution in [-0.2, 0) is 25.7 Å². The number of cyclic esters (lactones) is 1. The highest BCUT2D eigenvalue weighted by atomic mass is 16.5. The van der Waals surface area contributed by atoms with E-state index in [1.807, 2.05) is 30.3 Å². The predicted octanol–water partition coefficient (Wildman–Crippen LogP) is 2.70. The normalized spacial score (nSPS) is 17.2. The number of ether oxygens (including phenoxy) is 2. The van der Waals surface area contributed by atoms with Gasteiger partial charge in [-0.25, -0.2) is 4.79 Å². The Morgan fingerprint density at radius 1 is 1.27 bits per heavy atom. The van der Waals surface area contributed by atoms with Crippen molar-refractivity contribution in [3.8, 4) is 0 Å². The molecule has 5 heteroatoms. The standard InChI is InChI=1S/C17H20O5/c18-16(19)9-8-15-11-14(17(20)22-15)7-4-10-21-12-13-5-2-1-3-6-13/h1-3,5-6,11,15H,4,7-10,12H2,(H,18,19). The third-order valence-electron chi connectivity index (χ3n) is 3.40. The molecule has 0 saturated heterocycles. The Morgan fingerprint density at radius 3 is 2.77 bits per heavy atom. The van der Waals surface area contributed by atoms with Gasteiger partial charge in [-0.1, -0.05) is 30.3 Å². The molecule has 0 saturated carbocycles. The lowest BCUT2D eigenvalue weighted by molar-refractivity contribution is -0.143. The zero-order valence-electron chi connectivity index (χ0n) is 12.4. The fraction of sp³-hybridized carbons (Fsp3) is 0.412. The van der Waals surface area contributed by atoms with Crippen LogP contribution in [-0.4, -0.2) is 29.8 Å². The maximum absolute atomic E-state index is 11.6. The quantitative estimate of drug-likeness (QED) is 0.561. The molecule has 5 nitrogen and oxygen atoms in total. The molecular formula is C17H20O5. The van der Waals surface area contributed by atoms with Gasteiger partial charge in [-0.15, -0.1) is 0 Å². The molecule has 0 fully saturated rings. The molecule has 1 aromatic carbocycles. The van der Waals surface area contributed by atoms with Crippen LogP contribution in [0.1, 0.15) is 31.2 Å². The first-order valence-electron chi connectivity index (χ1n) is 7.40. The number of hydrogen-bond acceptors (Lipinski definition) is 4. The van der Waals surface area contributed by atoms with Gasteiger partial charge in [0.1, 0.15) is 6.10 Å². The number of carboxylic acid groups (broad SMARTS) is 1. The lowest BCUT2D eigenvalue weighted by Gasteiger charge is -2.05. The Kier molecular flexibility index (Phi) is 6.15. The second kappa shape index (κ2) is 8.34. The van der Waals surface area contributed by atoms with E-state index >= 15 is 0 Å². The fourth-order valence-electron chi connectivity index (χ4n) is 2.26. The average Bonchev–Trinajstić information content (AvgIpc) is 2.86. The number of carbonyl (C=O) groups is 2. The molecule has 0 spiro atoms. The Labute approximate surface area is 129 Å². The second-order valence-electron chi connectivity index (χ2n) is 5.21. The van der Waals surface area contributed by atoms with E-state index in [0.29, 0.717) is 31.6 Å². The van der Waals surface area contributed by atoms with Crippen LogP contribution < -0.4 is 0 Å². The summed E-state index contributed by atoms with van der Waals surface area (Å²) in [6.45, 7) is 1.13. The topological polar surface area (TPSA) is 72.8 Å². The van der Waals surface area contributed by atoms with E-state index in [0.717, 1.165) is 12.0 Å². The summed E-state index contributed by atoms with van der Waals surface area (Å²) >= 11 is 0. The monoisotopic (exact) mass is 304 g/mol. The van der Waals surface area contributed by atoms with Crippen LogP contribution in [0.5, 0.6) is 0 Å². The van der Waals surface area contributed by atoms with Crippen LogP contribution >= 0.6 is 0 Å². The summed E-state index contributed by atoms with van der Waals surface area (Å²) in [5.74, 6) is -1.22. The molecule has 1 unspecified atom stereocenters. The van der Waals surface area contributed by atoms with E-state index in [1.54, 1.807) is 6.08 Å². The number of aliphatic carboxylic acids is 1. The first kappa shape index (κ1) is 16.2. The third-order valence-corrected chi connectivity index (χ3v) is 3.40. The molecule has 2 rings (SSSR count). The van der Waals surface area contributed by atoms with Gasteiger partial charge in [0.15, 0.2) is 0 Å². The zero-order valence-corrected chi connectivity index (χ0v) is 12.4. The van der Waals surface area contributed by atoms with Crippen LogP contribution in [0, 0.1) is 0 Å². The average molecular weight is 304 g/mol. The van der Waals surface area contributed by atoms with E-state index in [1.165, 1.54) is 0 Å². The van der Waals surface area contributed by atoms with Crippen LogP contribution in [0.3, 0.4) is 0 Å². The predicted molar refractivity (Wildman–Crippen MR) is 80.2 cm³/mol. The van der Waals surface area contributed by atoms with Gasteiger partial charge in [0, 0.05) is 18.6 Å². The molecule has 0 aromatic heterocycles. The zero-order chi connectivity index (χ0) is 15.8. The van der Waals surface area contributed by atoms with Gasteiger partial charge in [0.05, 0.1) is 6.61 Å². The molecule has 1 atom stereocenters. The number of rotatable bonds is 9. The fourth-order valence-corrected chi connectivity index (χ4v) is 2.26.